The first-order chi connectivity index (χ1) is 14.6. The molecule has 0 bridgehead atoms. The van der Waals surface area contributed by atoms with Crippen LogP contribution in [0, 0.1) is 6.85 Å². The zero-order chi connectivity index (χ0) is 22.4. The molecular formula is C19H18N4O2S. The highest BCUT2D eigenvalue weighted by Crippen LogP contribution is 2.24. The molecule has 0 aliphatic heterocycles. The molecule has 0 amide bonds. The maximum Gasteiger partial charge on any atom is 0.322 e. The van der Waals surface area contributed by atoms with Crippen LogP contribution >= 0.6 is 0 Å². The number of methoxy groups -OCH3 is 1. The van der Waals surface area contributed by atoms with Gasteiger partial charge in [0.05, 0.1) is 26.6 Å². The van der Waals surface area contributed by atoms with Gasteiger partial charge in [-0.05, 0) is 43.3 Å². The first-order valence-corrected chi connectivity index (χ1v) is 8.87. The van der Waals surface area contributed by atoms with Gasteiger partial charge in [-0.15, -0.1) is 0 Å². The minimum Gasteiger partial charge on any atom is -0.609 e. The van der Waals surface area contributed by atoms with Crippen LogP contribution in [-0.2, 0) is 16.9 Å². The van der Waals surface area contributed by atoms with Crippen molar-refractivity contribution in [1.29, 1.82) is 0 Å². The summed E-state index contributed by atoms with van der Waals surface area (Å²) < 4.78 is 60.5. The number of aromatic amines is 1. The topological polar surface area (TPSA) is 78.8 Å². The number of fused-ring (bicyclic) bond motifs is 1. The summed E-state index contributed by atoms with van der Waals surface area (Å²) in [6, 6.07) is 10.5. The van der Waals surface area contributed by atoms with Crippen LogP contribution in [0.4, 0.5) is 0 Å². The molecule has 1 unspecified atom stereocenters. The minimum absolute atomic E-state index is 0.0492. The number of imidazole rings is 1. The van der Waals surface area contributed by atoms with Crippen molar-refractivity contribution >= 4 is 22.2 Å². The van der Waals surface area contributed by atoms with Gasteiger partial charge in [0.25, 0.3) is 0 Å². The molecule has 0 aliphatic rings. The maximum absolute atomic E-state index is 13.2. The minimum atomic E-state index is -2.72. The van der Waals surface area contributed by atoms with Gasteiger partial charge in [0.2, 0.25) is 0 Å². The molecule has 7 heteroatoms. The summed E-state index contributed by atoms with van der Waals surface area (Å²) in [6.45, 7) is -2.72. The van der Waals surface area contributed by atoms with Gasteiger partial charge in [0.1, 0.15) is 5.75 Å². The molecule has 0 saturated carbocycles. The lowest BCUT2D eigenvalue weighted by Crippen LogP contribution is -2.10. The average Bonchev–Trinajstić information content (AvgIpc) is 3.41. The van der Waals surface area contributed by atoms with Gasteiger partial charge in [-0.25, -0.2) is 0 Å². The SMILES string of the molecule is [2H]C([2H])([2H])c1c(OC)ccnc1C([2H])([2H])[S+]([O-])c1nc2cc(-n3cccc3)ccc2[nH]1. The molecule has 3 aromatic heterocycles. The van der Waals surface area contributed by atoms with Crippen LogP contribution in [0.5, 0.6) is 5.75 Å². The number of benzene rings is 1. The molecule has 0 aliphatic carbocycles. The first-order valence-electron chi connectivity index (χ1n) is 10.2. The molecule has 1 atom stereocenters. The van der Waals surface area contributed by atoms with Gasteiger partial charge in [0, 0.05) is 45.1 Å². The van der Waals surface area contributed by atoms with Crippen molar-refractivity contribution in [3.05, 3.63) is 66.2 Å². The van der Waals surface area contributed by atoms with E-state index < -0.39 is 35.0 Å². The highest BCUT2D eigenvalue weighted by atomic mass is 32.2. The van der Waals surface area contributed by atoms with Crippen LogP contribution in [0.25, 0.3) is 16.7 Å². The molecule has 1 aromatic carbocycles. The quantitative estimate of drug-likeness (QED) is 0.546. The summed E-state index contributed by atoms with van der Waals surface area (Å²) in [7, 11) is 1.28. The highest BCUT2D eigenvalue weighted by molar-refractivity contribution is 7.90. The number of pyridine rings is 1. The van der Waals surface area contributed by atoms with E-state index in [9.17, 15) is 4.55 Å². The van der Waals surface area contributed by atoms with Gasteiger partial charge >= 0.3 is 5.16 Å². The van der Waals surface area contributed by atoms with Crippen molar-refractivity contribution in [2.45, 2.75) is 17.7 Å². The first kappa shape index (κ1) is 11.8. The highest BCUT2D eigenvalue weighted by Gasteiger charge is 2.20. The van der Waals surface area contributed by atoms with E-state index in [4.69, 9.17) is 11.6 Å². The predicted molar refractivity (Wildman–Crippen MR) is 101 cm³/mol. The summed E-state index contributed by atoms with van der Waals surface area (Å²) >= 11 is -2.38. The summed E-state index contributed by atoms with van der Waals surface area (Å²) in [5.41, 5.74) is -1.62. The number of H-pyrrole nitrogens is 1. The predicted octanol–water partition coefficient (Wildman–Crippen LogP) is 3.37. The second-order valence-electron chi connectivity index (χ2n) is 5.44. The van der Waals surface area contributed by atoms with Crippen LogP contribution in [-0.4, -0.2) is 31.2 Å². The fourth-order valence-corrected chi connectivity index (χ4v) is 3.36. The number of hydrogen-bond acceptors (Lipinski definition) is 4. The summed E-state index contributed by atoms with van der Waals surface area (Å²) in [5, 5.41) is -0.120. The van der Waals surface area contributed by atoms with Gasteiger partial charge in [0.15, 0.2) is 5.70 Å². The van der Waals surface area contributed by atoms with Crippen LogP contribution in [0.3, 0.4) is 0 Å². The fraction of sp³-hybridized carbons (Fsp3) is 0.158. The fourth-order valence-electron chi connectivity index (χ4n) is 2.55. The van der Waals surface area contributed by atoms with Crippen molar-refractivity contribution < 1.29 is 16.1 Å². The third kappa shape index (κ3) is 3.07. The van der Waals surface area contributed by atoms with E-state index >= 15 is 0 Å². The lowest BCUT2D eigenvalue weighted by Gasteiger charge is -2.10. The van der Waals surface area contributed by atoms with E-state index in [-0.39, 0.29) is 10.9 Å². The lowest BCUT2D eigenvalue weighted by molar-refractivity contribution is 0.410. The van der Waals surface area contributed by atoms with Gasteiger partial charge < -0.3 is 13.9 Å². The number of hydrogen-bond donors (Lipinski definition) is 1. The number of ether oxygens (including phenoxy) is 1. The number of aromatic nitrogens is 4. The maximum atomic E-state index is 13.2. The Labute approximate surface area is 161 Å². The van der Waals surface area contributed by atoms with E-state index in [0.29, 0.717) is 11.0 Å². The molecule has 132 valence electrons. The second kappa shape index (κ2) is 6.86. The molecule has 4 aromatic rings. The van der Waals surface area contributed by atoms with Crippen molar-refractivity contribution in [1.82, 2.24) is 19.5 Å². The zero-order valence-corrected chi connectivity index (χ0v) is 14.6. The summed E-state index contributed by atoms with van der Waals surface area (Å²) in [5.74, 6) is -0.0492. The normalized spacial score (nSPS) is 16.3. The molecule has 0 radical (unpaired) electrons. The van der Waals surface area contributed by atoms with Gasteiger partial charge in [-0.2, -0.15) is 4.98 Å². The van der Waals surface area contributed by atoms with Crippen LogP contribution in [0.1, 0.15) is 18.1 Å². The van der Waals surface area contributed by atoms with Gasteiger partial charge in [-0.3, -0.25) is 9.97 Å². The largest absolute Gasteiger partial charge is 0.609 e. The summed E-state index contributed by atoms with van der Waals surface area (Å²) in [6.07, 6.45) is 4.97. The Morgan fingerprint density at radius 2 is 2.19 bits per heavy atom. The molecule has 4 rings (SSSR count). The lowest BCUT2D eigenvalue weighted by atomic mass is 10.2. The molecule has 3 heterocycles. The Hall–Kier alpha value is -2.77. The molecule has 26 heavy (non-hydrogen) atoms. The smallest absolute Gasteiger partial charge is 0.322 e. The Morgan fingerprint density at radius 1 is 1.35 bits per heavy atom. The third-order valence-electron chi connectivity index (χ3n) is 3.85. The van der Waals surface area contributed by atoms with E-state index in [2.05, 4.69) is 15.0 Å². The molecular weight excluding hydrogens is 348 g/mol. The molecule has 0 fully saturated rings. The van der Waals surface area contributed by atoms with Crippen molar-refractivity contribution in [3.8, 4) is 11.4 Å². The monoisotopic (exact) mass is 371 g/mol. The Kier molecular flexibility index (Phi) is 3.10. The average molecular weight is 371 g/mol. The molecule has 1 N–H and O–H groups in total. The number of nitrogens with zero attached hydrogens (tertiary/aromatic N) is 3. The molecule has 6 nitrogen and oxygen atoms in total. The number of nitrogens with one attached hydrogen (secondary N) is 1. The number of rotatable bonds is 5. The van der Waals surface area contributed by atoms with Crippen molar-refractivity contribution in [3.63, 3.8) is 0 Å². The zero-order valence-electron chi connectivity index (χ0n) is 18.8. The summed E-state index contributed by atoms with van der Waals surface area (Å²) in [4.78, 5) is 11.1. The van der Waals surface area contributed by atoms with Crippen LogP contribution in [0.15, 0.2) is 60.1 Å². The third-order valence-corrected chi connectivity index (χ3v) is 4.77. The molecule has 0 saturated heterocycles. The van der Waals surface area contributed by atoms with E-state index in [0.717, 1.165) is 5.69 Å². The second-order valence-corrected chi connectivity index (χ2v) is 6.57. The molecule has 0 spiro atoms. The van der Waals surface area contributed by atoms with Crippen molar-refractivity contribution in [2.24, 2.45) is 0 Å². The van der Waals surface area contributed by atoms with E-state index in [1.165, 1.54) is 19.4 Å². The van der Waals surface area contributed by atoms with E-state index in [1.807, 2.05) is 35.2 Å². The van der Waals surface area contributed by atoms with Crippen LogP contribution in [0.2, 0.25) is 0 Å². The Morgan fingerprint density at radius 3 is 2.96 bits per heavy atom. The van der Waals surface area contributed by atoms with Crippen LogP contribution < -0.4 is 4.74 Å². The Bertz CT molecular complexity index is 1220. The van der Waals surface area contributed by atoms with Crippen molar-refractivity contribution in [2.75, 3.05) is 7.11 Å². The van der Waals surface area contributed by atoms with E-state index in [1.54, 1.807) is 12.1 Å². The van der Waals surface area contributed by atoms with Gasteiger partial charge in [-0.1, -0.05) is 0 Å². The Balaban J connectivity index is 1.77. The standard InChI is InChI=1S/C19H18N4O2S/c1-13-17(20-8-7-18(13)25-2)12-26(24)19-21-15-6-5-14(11-16(15)22-19)23-9-3-4-10-23/h3-11H,12H2,1-2H3,(H,21,22)/i1D3,12D2.